The normalized spacial score (nSPS) is 14.2. The number of aromatic amines is 2. The van der Waals surface area contributed by atoms with Crippen LogP contribution in [0.5, 0.6) is 0 Å². The number of nitrogens with one attached hydrogen (secondary N) is 3. The van der Waals surface area contributed by atoms with E-state index in [9.17, 15) is 9.59 Å². The number of rotatable bonds is 3. The molecule has 1 aliphatic carbocycles. The minimum absolute atomic E-state index is 0.117. The van der Waals surface area contributed by atoms with E-state index in [0.717, 1.165) is 29.3 Å². The van der Waals surface area contributed by atoms with Crippen molar-refractivity contribution in [3.05, 3.63) is 58.5 Å². The largest absolute Gasteiger partial charge is 0.326 e. The number of para-hydroxylation sites is 1. The highest BCUT2D eigenvalue weighted by Gasteiger charge is 2.27. The molecule has 1 amide bonds. The molecule has 1 saturated carbocycles. The van der Waals surface area contributed by atoms with Gasteiger partial charge in [-0.25, -0.2) is 4.79 Å². The molecular formula is C18H15N5O2. The molecule has 2 aromatic carbocycles. The number of benzene rings is 2. The maximum absolute atomic E-state index is 12.6. The summed E-state index contributed by atoms with van der Waals surface area (Å²) in [5, 5.41) is 10.7. The van der Waals surface area contributed by atoms with Crippen LogP contribution in [-0.2, 0) is 0 Å². The molecule has 25 heavy (non-hydrogen) atoms. The van der Waals surface area contributed by atoms with E-state index in [2.05, 4.69) is 20.5 Å². The van der Waals surface area contributed by atoms with Gasteiger partial charge in [-0.2, -0.15) is 5.10 Å². The predicted molar refractivity (Wildman–Crippen MR) is 94.9 cm³/mol. The van der Waals surface area contributed by atoms with Crippen LogP contribution in [0.4, 0.5) is 5.82 Å². The van der Waals surface area contributed by atoms with Crippen molar-refractivity contribution in [3.8, 4) is 0 Å². The minimum atomic E-state index is -0.265. The zero-order valence-corrected chi connectivity index (χ0v) is 13.2. The number of nitrogens with zero attached hydrogens (tertiary/aromatic N) is 2. The maximum Gasteiger partial charge on any atom is 0.326 e. The van der Waals surface area contributed by atoms with Crippen molar-refractivity contribution in [2.24, 2.45) is 0 Å². The number of aromatic nitrogens is 4. The molecule has 0 radical (unpaired) electrons. The van der Waals surface area contributed by atoms with Crippen molar-refractivity contribution in [2.45, 2.75) is 18.9 Å². The fourth-order valence-electron chi connectivity index (χ4n) is 3.21. The Labute approximate surface area is 141 Å². The number of amides is 1. The van der Waals surface area contributed by atoms with Crippen molar-refractivity contribution < 1.29 is 4.79 Å². The van der Waals surface area contributed by atoms with Crippen LogP contribution in [0, 0.1) is 0 Å². The van der Waals surface area contributed by atoms with E-state index in [1.165, 1.54) is 0 Å². The molecule has 2 aromatic heterocycles. The lowest BCUT2D eigenvalue weighted by atomic mass is 10.2. The third kappa shape index (κ3) is 2.24. The molecule has 4 aromatic rings. The van der Waals surface area contributed by atoms with Crippen LogP contribution in [0.15, 0.2) is 47.3 Å². The molecule has 5 rings (SSSR count). The molecule has 2 heterocycles. The van der Waals surface area contributed by atoms with E-state index < -0.39 is 0 Å². The number of anilines is 1. The summed E-state index contributed by atoms with van der Waals surface area (Å²) in [7, 11) is 0. The van der Waals surface area contributed by atoms with Gasteiger partial charge in [0.05, 0.1) is 16.6 Å². The summed E-state index contributed by atoms with van der Waals surface area (Å²) in [6, 6.07) is 13.1. The van der Waals surface area contributed by atoms with Gasteiger partial charge in [-0.1, -0.05) is 12.1 Å². The molecule has 0 saturated heterocycles. The highest BCUT2D eigenvalue weighted by Crippen LogP contribution is 2.35. The standard InChI is InChI=1S/C18H15N5O2/c24-17(20-16-12-3-1-2-4-13(12)21-22-16)10-5-8-15-14(9-10)19-18(25)23(15)11-6-7-11/h1-5,8-9,11H,6-7H2,(H,19,25)(H2,20,21,22,24). The van der Waals surface area contributed by atoms with Crippen molar-refractivity contribution in [1.29, 1.82) is 0 Å². The molecule has 0 atom stereocenters. The van der Waals surface area contributed by atoms with E-state index in [1.54, 1.807) is 16.7 Å². The van der Waals surface area contributed by atoms with Gasteiger partial charge in [0.2, 0.25) is 0 Å². The third-order valence-corrected chi connectivity index (χ3v) is 4.59. The van der Waals surface area contributed by atoms with E-state index in [0.29, 0.717) is 16.9 Å². The molecule has 3 N–H and O–H groups in total. The maximum atomic E-state index is 12.6. The zero-order chi connectivity index (χ0) is 17.0. The second-order valence-corrected chi connectivity index (χ2v) is 6.34. The summed E-state index contributed by atoms with van der Waals surface area (Å²) in [6.07, 6.45) is 2.06. The zero-order valence-electron chi connectivity index (χ0n) is 13.2. The second-order valence-electron chi connectivity index (χ2n) is 6.34. The van der Waals surface area contributed by atoms with Crippen LogP contribution >= 0.6 is 0 Å². The number of fused-ring (bicyclic) bond motifs is 2. The number of carbonyl (C=O) groups excluding carboxylic acids is 1. The van der Waals surface area contributed by atoms with Gasteiger partial charge in [0.15, 0.2) is 5.82 Å². The number of H-pyrrole nitrogens is 2. The Morgan fingerprint density at radius 1 is 1.16 bits per heavy atom. The lowest BCUT2D eigenvalue weighted by Gasteiger charge is -2.04. The van der Waals surface area contributed by atoms with E-state index >= 15 is 0 Å². The average Bonchev–Trinajstić information content (AvgIpc) is 3.29. The molecule has 0 bridgehead atoms. The van der Waals surface area contributed by atoms with Gasteiger partial charge >= 0.3 is 5.69 Å². The Bertz CT molecular complexity index is 1180. The van der Waals surface area contributed by atoms with Gasteiger partial charge in [0, 0.05) is 17.0 Å². The van der Waals surface area contributed by atoms with E-state index in [-0.39, 0.29) is 17.6 Å². The number of hydrogen-bond donors (Lipinski definition) is 3. The molecule has 1 fully saturated rings. The molecule has 1 aliphatic rings. The summed E-state index contributed by atoms with van der Waals surface area (Å²) < 4.78 is 1.78. The average molecular weight is 333 g/mol. The van der Waals surface area contributed by atoms with Crippen LogP contribution in [0.3, 0.4) is 0 Å². The lowest BCUT2D eigenvalue weighted by molar-refractivity contribution is 0.102. The third-order valence-electron chi connectivity index (χ3n) is 4.59. The predicted octanol–water partition coefficient (Wildman–Crippen LogP) is 2.79. The second kappa shape index (κ2) is 5.07. The Hall–Kier alpha value is -3.35. The van der Waals surface area contributed by atoms with Gasteiger partial charge in [-0.05, 0) is 43.2 Å². The Kier molecular flexibility index (Phi) is 2.85. The van der Waals surface area contributed by atoms with Crippen molar-refractivity contribution >= 4 is 33.7 Å². The molecule has 7 nitrogen and oxygen atoms in total. The highest BCUT2D eigenvalue weighted by molar-refractivity contribution is 6.09. The van der Waals surface area contributed by atoms with E-state index in [1.807, 2.05) is 30.3 Å². The molecule has 0 aliphatic heterocycles. The highest BCUT2D eigenvalue weighted by atomic mass is 16.2. The van der Waals surface area contributed by atoms with Gasteiger partial charge in [0.25, 0.3) is 5.91 Å². The topological polar surface area (TPSA) is 95.6 Å². The first-order valence-electron chi connectivity index (χ1n) is 8.19. The molecule has 7 heteroatoms. The SMILES string of the molecule is O=C(Nc1n[nH]c2ccccc12)c1ccc2c(c1)[nH]c(=O)n2C1CC1. The van der Waals surface area contributed by atoms with Gasteiger partial charge < -0.3 is 10.3 Å². The van der Waals surface area contributed by atoms with Gasteiger partial charge in [-0.3, -0.25) is 14.5 Å². The van der Waals surface area contributed by atoms with Crippen molar-refractivity contribution in [2.75, 3.05) is 5.32 Å². The monoisotopic (exact) mass is 333 g/mol. The summed E-state index contributed by atoms with van der Waals surface area (Å²) in [6.45, 7) is 0. The van der Waals surface area contributed by atoms with Crippen molar-refractivity contribution in [1.82, 2.24) is 19.7 Å². The first-order valence-corrected chi connectivity index (χ1v) is 8.19. The summed E-state index contributed by atoms with van der Waals surface area (Å²) in [5.41, 5.74) is 2.74. The fourth-order valence-corrected chi connectivity index (χ4v) is 3.21. The first kappa shape index (κ1) is 14.0. The quantitative estimate of drug-likeness (QED) is 0.538. The minimum Gasteiger partial charge on any atom is -0.306 e. The van der Waals surface area contributed by atoms with E-state index in [4.69, 9.17) is 0 Å². The number of hydrogen-bond acceptors (Lipinski definition) is 3. The van der Waals surface area contributed by atoms with Crippen LogP contribution in [0.2, 0.25) is 0 Å². The van der Waals surface area contributed by atoms with Gasteiger partial charge in [-0.15, -0.1) is 0 Å². The van der Waals surface area contributed by atoms with Crippen LogP contribution < -0.4 is 11.0 Å². The first-order chi connectivity index (χ1) is 12.2. The Morgan fingerprint density at radius 3 is 2.84 bits per heavy atom. The molecule has 0 unspecified atom stereocenters. The smallest absolute Gasteiger partial charge is 0.306 e. The van der Waals surface area contributed by atoms with Crippen molar-refractivity contribution in [3.63, 3.8) is 0 Å². The lowest BCUT2D eigenvalue weighted by Crippen LogP contribution is -2.14. The van der Waals surface area contributed by atoms with Crippen LogP contribution in [0.1, 0.15) is 29.2 Å². The van der Waals surface area contributed by atoms with Crippen LogP contribution in [0.25, 0.3) is 21.9 Å². The summed E-state index contributed by atoms with van der Waals surface area (Å²) in [4.78, 5) is 27.5. The Morgan fingerprint density at radius 2 is 2.00 bits per heavy atom. The van der Waals surface area contributed by atoms with Gasteiger partial charge in [0.1, 0.15) is 0 Å². The number of imidazole rings is 1. The molecule has 124 valence electrons. The Balaban J connectivity index is 1.50. The molecule has 0 spiro atoms. The van der Waals surface area contributed by atoms with Crippen LogP contribution in [-0.4, -0.2) is 25.7 Å². The summed E-state index contributed by atoms with van der Waals surface area (Å²) in [5.74, 6) is 0.226. The summed E-state index contributed by atoms with van der Waals surface area (Å²) >= 11 is 0. The number of carbonyl (C=O) groups is 1. The fraction of sp³-hybridized carbons (Fsp3) is 0.167. The molecular weight excluding hydrogens is 318 g/mol.